The SMILES string of the molecule is C=CCC(c1ccc(C)cc1)(C(F)(F)F)S(=O)(=O)c1ccccc1. The fourth-order valence-electron chi connectivity index (χ4n) is 2.64. The maximum atomic E-state index is 14.1. The highest BCUT2D eigenvalue weighted by atomic mass is 32.2. The molecule has 0 aliphatic rings. The largest absolute Gasteiger partial charge is 0.412 e. The summed E-state index contributed by atoms with van der Waals surface area (Å²) in [6, 6.07) is 12.1. The van der Waals surface area contributed by atoms with Crippen molar-refractivity contribution in [1.29, 1.82) is 0 Å². The fourth-order valence-corrected chi connectivity index (χ4v) is 4.65. The summed E-state index contributed by atoms with van der Waals surface area (Å²) in [5, 5.41) is 0. The van der Waals surface area contributed by atoms with Crippen LogP contribution in [-0.4, -0.2) is 14.6 Å². The highest BCUT2D eigenvalue weighted by Gasteiger charge is 2.64. The zero-order valence-electron chi connectivity index (χ0n) is 13.0. The van der Waals surface area contributed by atoms with Crippen LogP contribution in [0.25, 0.3) is 0 Å². The van der Waals surface area contributed by atoms with Crippen LogP contribution in [0, 0.1) is 6.92 Å². The lowest BCUT2D eigenvalue weighted by Gasteiger charge is -2.35. The van der Waals surface area contributed by atoms with Crippen LogP contribution in [-0.2, 0) is 14.6 Å². The molecule has 0 aliphatic carbocycles. The molecule has 0 spiro atoms. The molecule has 0 bridgehead atoms. The first kappa shape index (κ1) is 18.3. The minimum absolute atomic E-state index is 0.315. The number of alkyl halides is 3. The van der Waals surface area contributed by atoms with Gasteiger partial charge in [-0.1, -0.05) is 54.1 Å². The Bertz CT molecular complexity index is 810. The Labute approximate surface area is 139 Å². The highest BCUT2D eigenvalue weighted by molar-refractivity contribution is 7.92. The Hall–Kier alpha value is -2.08. The lowest BCUT2D eigenvalue weighted by Crippen LogP contribution is -2.48. The van der Waals surface area contributed by atoms with Gasteiger partial charge in [0.2, 0.25) is 0 Å². The number of sulfone groups is 1. The number of halogens is 3. The maximum Gasteiger partial charge on any atom is 0.412 e. The Morgan fingerprint density at radius 3 is 2.00 bits per heavy atom. The third kappa shape index (κ3) is 2.86. The van der Waals surface area contributed by atoms with E-state index in [0.29, 0.717) is 0 Å². The number of aryl methyl sites for hydroxylation is 1. The molecule has 0 aromatic heterocycles. The third-order valence-corrected chi connectivity index (χ3v) is 6.36. The van der Waals surface area contributed by atoms with E-state index in [-0.39, 0.29) is 10.5 Å². The molecule has 0 saturated carbocycles. The van der Waals surface area contributed by atoms with Gasteiger partial charge < -0.3 is 0 Å². The van der Waals surface area contributed by atoms with Crippen molar-refractivity contribution in [2.45, 2.75) is 29.2 Å². The predicted molar refractivity (Wildman–Crippen MR) is 87.4 cm³/mol. The molecular formula is C18H17F3O2S. The standard InChI is InChI=1S/C18H17F3O2S/c1-3-13-17(18(19,20)21,15-11-9-14(2)10-12-15)24(22,23)16-7-5-4-6-8-16/h3-12H,1,13H2,2H3. The van der Waals surface area contributed by atoms with Crippen molar-refractivity contribution < 1.29 is 21.6 Å². The molecule has 2 nitrogen and oxygen atoms in total. The molecule has 6 heteroatoms. The summed E-state index contributed by atoms with van der Waals surface area (Å²) in [6.07, 6.45) is -4.78. The molecule has 0 aliphatic heterocycles. The van der Waals surface area contributed by atoms with Gasteiger partial charge in [0.15, 0.2) is 14.6 Å². The van der Waals surface area contributed by atoms with Crippen molar-refractivity contribution in [3.8, 4) is 0 Å². The summed E-state index contributed by atoms with van der Waals surface area (Å²) in [4.78, 5) is -0.371. The van der Waals surface area contributed by atoms with Crippen molar-refractivity contribution >= 4 is 9.84 Å². The van der Waals surface area contributed by atoms with E-state index in [4.69, 9.17) is 0 Å². The van der Waals surface area contributed by atoms with Crippen molar-refractivity contribution in [3.05, 3.63) is 78.4 Å². The summed E-state index contributed by atoms with van der Waals surface area (Å²) >= 11 is 0. The Kier molecular flexibility index (Phi) is 4.90. The first-order valence-electron chi connectivity index (χ1n) is 7.21. The molecule has 1 unspecified atom stereocenters. The van der Waals surface area contributed by atoms with Crippen molar-refractivity contribution in [2.75, 3.05) is 0 Å². The lowest BCUT2D eigenvalue weighted by atomic mass is 9.93. The smallest absolute Gasteiger partial charge is 0.222 e. The van der Waals surface area contributed by atoms with Crippen molar-refractivity contribution in [3.63, 3.8) is 0 Å². The summed E-state index contributed by atoms with van der Waals surface area (Å²) in [6.45, 7) is 5.07. The number of allylic oxidation sites excluding steroid dienone is 1. The quantitative estimate of drug-likeness (QED) is 0.723. The molecule has 128 valence electrons. The third-order valence-electron chi connectivity index (χ3n) is 3.92. The molecule has 0 saturated heterocycles. The summed E-state index contributed by atoms with van der Waals surface area (Å²) in [5.74, 6) is 0. The van der Waals surface area contributed by atoms with E-state index in [9.17, 15) is 21.6 Å². The second kappa shape index (κ2) is 6.43. The van der Waals surface area contributed by atoms with Crippen LogP contribution in [0.5, 0.6) is 0 Å². The zero-order chi connectivity index (χ0) is 18.0. The molecule has 2 rings (SSSR count). The van der Waals surface area contributed by atoms with Crippen molar-refractivity contribution in [1.82, 2.24) is 0 Å². The average Bonchev–Trinajstić information content (AvgIpc) is 2.53. The van der Waals surface area contributed by atoms with Gasteiger partial charge in [0.05, 0.1) is 4.90 Å². The number of benzene rings is 2. The van der Waals surface area contributed by atoms with Crippen LogP contribution in [0.15, 0.2) is 72.1 Å². The zero-order valence-corrected chi connectivity index (χ0v) is 13.9. The Balaban J connectivity index is 2.85. The van der Waals surface area contributed by atoms with E-state index in [2.05, 4.69) is 6.58 Å². The second-order valence-corrected chi connectivity index (χ2v) is 7.68. The number of hydrogen-bond donors (Lipinski definition) is 0. The van der Waals surface area contributed by atoms with Gasteiger partial charge in [0.25, 0.3) is 0 Å². The topological polar surface area (TPSA) is 34.1 Å². The molecule has 0 radical (unpaired) electrons. The van der Waals surface area contributed by atoms with Gasteiger partial charge in [-0.3, -0.25) is 0 Å². The minimum Gasteiger partial charge on any atom is -0.222 e. The van der Waals surface area contributed by atoms with Gasteiger partial charge in [-0.25, -0.2) is 8.42 Å². The van der Waals surface area contributed by atoms with E-state index in [1.807, 2.05) is 0 Å². The van der Waals surface area contributed by atoms with Gasteiger partial charge in [-0.15, -0.1) is 6.58 Å². The van der Waals surface area contributed by atoms with Crippen LogP contribution in [0.3, 0.4) is 0 Å². The first-order valence-corrected chi connectivity index (χ1v) is 8.69. The van der Waals surface area contributed by atoms with E-state index < -0.39 is 27.2 Å². The van der Waals surface area contributed by atoms with Crippen molar-refractivity contribution in [2.24, 2.45) is 0 Å². The average molecular weight is 354 g/mol. The van der Waals surface area contributed by atoms with E-state index >= 15 is 0 Å². The number of hydrogen-bond acceptors (Lipinski definition) is 2. The molecule has 0 fully saturated rings. The molecule has 0 heterocycles. The van der Waals surface area contributed by atoms with E-state index in [1.165, 1.54) is 48.5 Å². The van der Waals surface area contributed by atoms with Crippen LogP contribution >= 0.6 is 0 Å². The molecule has 0 N–H and O–H groups in total. The molecule has 1 atom stereocenters. The van der Waals surface area contributed by atoms with Gasteiger partial charge in [0.1, 0.15) is 0 Å². The monoisotopic (exact) mass is 354 g/mol. The Morgan fingerprint density at radius 2 is 1.54 bits per heavy atom. The van der Waals surface area contributed by atoms with Crippen LogP contribution in [0.2, 0.25) is 0 Å². The van der Waals surface area contributed by atoms with Crippen LogP contribution in [0.4, 0.5) is 13.2 Å². The van der Waals surface area contributed by atoms with Gasteiger partial charge >= 0.3 is 6.18 Å². The molecular weight excluding hydrogens is 337 g/mol. The number of rotatable bonds is 5. The minimum atomic E-state index is -5.01. The molecule has 24 heavy (non-hydrogen) atoms. The van der Waals surface area contributed by atoms with Crippen LogP contribution < -0.4 is 0 Å². The van der Waals surface area contributed by atoms with Gasteiger partial charge in [0, 0.05) is 0 Å². The maximum absolute atomic E-state index is 14.1. The second-order valence-electron chi connectivity index (χ2n) is 5.50. The van der Waals surface area contributed by atoms with E-state index in [0.717, 1.165) is 11.6 Å². The summed E-state index contributed by atoms with van der Waals surface area (Å²) in [7, 11) is -4.74. The molecule has 0 amide bonds. The van der Waals surface area contributed by atoms with Gasteiger partial charge in [-0.05, 0) is 31.0 Å². The molecule has 2 aromatic carbocycles. The highest BCUT2D eigenvalue weighted by Crippen LogP contribution is 2.50. The fraction of sp³-hybridized carbons (Fsp3) is 0.222. The van der Waals surface area contributed by atoms with Gasteiger partial charge in [-0.2, -0.15) is 13.2 Å². The van der Waals surface area contributed by atoms with Crippen LogP contribution in [0.1, 0.15) is 17.5 Å². The first-order chi connectivity index (χ1) is 11.2. The lowest BCUT2D eigenvalue weighted by molar-refractivity contribution is -0.163. The normalized spacial score (nSPS) is 14.8. The summed E-state index contributed by atoms with van der Waals surface area (Å²) in [5.41, 5.74) is 0.426. The predicted octanol–water partition coefficient (Wildman–Crippen LogP) is 4.80. The Morgan fingerprint density at radius 1 is 1.00 bits per heavy atom. The van der Waals surface area contributed by atoms with E-state index in [1.54, 1.807) is 13.0 Å². The summed E-state index contributed by atoms with van der Waals surface area (Å²) < 4.78 is 65.3. The molecule has 2 aromatic rings.